The number of thiazole rings is 1. The highest BCUT2D eigenvalue weighted by atomic mass is 35.5. The molecule has 3 aromatic rings. The van der Waals surface area contributed by atoms with Crippen molar-refractivity contribution in [3.63, 3.8) is 0 Å². The van der Waals surface area contributed by atoms with Crippen molar-refractivity contribution < 1.29 is 27.9 Å². The summed E-state index contributed by atoms with van der Waals surface area (Å²) in [7, 11) is 0. The van der Waals surface area contributed by atoms with Crippen LogP contribution in [0.15, 0.2) is 30.9 Å². The van der Waals surface area contributed by atoms with E-state index in [1.165, 1.54) is 18.6 Å². The molecule has 35 heavy (non-hydrogen) atoms. The van der Waals surface area contributed by atoms with E-state index in [1.54, 1.807) is 6.92 Å². The van der Waals surface area contributed by atoms with Gasteiger partial charge in [-0.25, -0.2) is 19.9 Å². The molecular formula is C22H17ClF3N5O3S. The van der Waals surface area contributed by atoms with Crippen LogP contribution >= 0.6 is 22.9 Å². The third-order valence-electron chi connectivity index (χ3n) is 4.47. The van der Waals surface area contributed by atoms with Crippen molar-refractivity contribution in [2.45, 2.75) is 31.9 Å². The lowest BCUT2D eigenvalue weighted by Gasteiger charge is -2.10. The monoisotopic (exact) mass is 523 g/mol. The number of nitrogens with one attached hydrogen (secondary N) is 1. The van der Waals surface area contributed by atoms with Crippen molar-refractivity contribution in [1.82, 2.24) is 19.9 Å². The Labute approximate surface area is 206 Å². The van der Waals surface area contributed by atoms with E-state index in [0.29, 0.717) is 16.8 Å². The highest BCUT2D eigenvalue weighted by Gasteiger charge is 2.34. The van der Waals surface area contributed by atoms with Crippen LogP contribution in [0.5, 0.6) is 0 Å². The van der Waals surface area contributed by atoms with E-state index in [4.69, 9.17) is 16.7 Å². The van der Waals surface area contributed by atoms with Crippen LogP contribution in [0, 0.1) is 11.8 Å². The fourth-order valence-corrected chi connectivity index (χ4v) is 3.85. The zero-order chi connectivity index (χ0) is 25.6. The first-order chi connectivity index (χ1) is 16.6. The lowest BCUT2D eigenvalue weighted by atomic mass is 10.0. The average Bonchev–Trinajstić information content (AvgIpc) is 3.31. The van der Waals surface area contributed by atoms with E-state index in [0.717, 1.165) is 17.5 Å². The molecular weight excluding hydrogens is 507 g/mol. The molecule has 0 aliphatic heterocycles. The zero-order valence-electron chi connectivity index (χ0n) is 18.1. The Hall–Kier alpha value is -3.40. The topological polar surface area (TPSA) is 118 Å². The predicted octanol–water partition coefficient (Wildman–Crippen LogP) is 4.36. The van der Waals surface area contributed by atoms with E-state index < -0.39 is 22.7 Å². The number of hydrogen-bond donors (Lipinski definition) is 2. The minimum Gasteiger partial charge on any atom is -0.395 e. The zero-order valence-corrected chi connectivity index (χ0v) is 19.6. The summed E-state index contributed by atoms with van der Waals surface area (Å²) >= 11 is 6.55. The lowest BCUT2D eigenvalue weighted by molar-refractivity contribution is -0.137. The van der Waals surface area contributed by atoms with Gasteiger partial charge in [0.05, 0.1) is 28.4 Å². The second-order valence-electron chi connectivity index (χ2n) is 7.16. The van der Waals surface area contributed by atoms with Crippen molar-refractivity contribution in [2.24, 2.45) is 0 Å². The quantitative estimate of drug-likeness (QED) is 0.349. The highest BCUT2D eigenvalue weighted by molar-refractivity contribution is 7.13. The molecule has 0 radical (unpaired) electrons. The number of anilines is 1. The molecule has 182 valence electrons. The fraction of sp³-hybridized carbons (Fsp3) is 0.273. The third kappa shape index (κ3) is 7.05. The average molecular weight is 524 g/mol. The summed E-state index contributed by atoms with van der Waals surface area (Å²) in [5.74, 6) is 3.79. The number of rotatable bonds is 7. The van der Waals surface area contributed by atoms with Gasteiger partial charge in [-0.1, -0.05) is 24.4 Å². The maximum Gasteiger partial charge on any atom is 0.418 e. The van der Waals surface area contributed by atoms with E-state index in [-0.39, 0.29) is 47.5 Å². The molecule has 3 aromatic heterocycles. The van der Waals surface area contributed by atoms with Crippen LogP contribution in [0.4, 0.5) is 19.0 Å². The Morgan fingerprint density at radius 2 is 1.97 bits per heavy atom. The van der Waals surface area contributed by atoms with Crippen molar-refractivity contribution in [3.8, 4) is 11.8 Å². The van der Waals surface area contributed by atoms with E-state index >= 15 is 0 Å². The Morgan fingerprint density at radius 1 is 1.20 bits per heavy atom. The van der Waals surface area contributed by atoms with Gasteiger partial charge in [0.1, 0.15) is 28.4 Å². The molecule has 0 spiro atoms. The molecule has 0 aliphatic carbocycles. The number of aliphatic hydroxyl groups is 1. The van der Waals surface area contributed by atoms with Gasteiger partial charge in [-0.2, -0.15) is 13.2 Å². The first-order valence-electron chi connectivity index (χ1n) is 10.0. The number of nitrogens with zero attached hydrogens (tertiary/aromatic N) is 4. The van der Waals surface area contributed by atoms with Crippen LogP contribution < -0.4 is 5.32 Å². The minimum atomic E-state index is -4.70. The second kappa shape index (κ2) is 11.4. The molecule has 0 saturated heterocycles. The molecule has 0 bridgehead atoms. The number of carbonyl (C=O) groups excluding carboxylic acids is 2. The maximum absolute atomic E-state index is 13.0. The first kappa shape index (κ1) is 26.2. The molecule has 13 heteroatoms. The normalized spacial score (nSPS) is 11.9. The minimum absolute atomic E-state index is 0.0444. The Kier molecular flexibility index (Phi) is 8.50. The van der Waals surface area contributed by atoms with E-state index in [9.17, 15) is 22.8 Å². The number of hydrogen-bond acceptors (Lipinski definition) is 8. The largest absolute Gasteiger partial charge is 0.418 e. The number of amides is 1. The summed E-state index contributed by atoms with van der Waals surface area (Å²) in [6.07, 6.45) is -1.07. The molecule has 8 nitrogen and oxygen atoms in total. The third-order valence-corrected chi connectivity index (χ3v) is 6.00. The van der Waals surface area contributed by atoms with Crippen molar-refractivity contribution in [2.75, 3.05) is 11.9 Å². The summed E-state index contributed by atoms with van der Waals surface area (Å²) in [6, 6.07) is 2.10. The second-order valence-corrected chi connectivity index (χ2v) is 8.63. The van der Waals surface area contributed by atoms with Crippen LogP contribution in [0.3, 0.4) is 0 Å². The Balaban J connectivity index is 1.66. The summed E-state index contributed by atoms with van der Waals surface area (Å²) < 4.78 is 39.0. The van der Waals surface area contributed by atoms with Gasteiger partial charge in [-0.15, -0.1) is 11.3 Å². The molecule has 3 rings (SSSR count). The summed E-state index contributed by atoms with van der Waals surface area (Å²) in [5.41, 5.74) is -0.597. The van der Waals surface area contributed by atoms with Crippen molar-refractivity contribution in [3.05, 3.63) is 62.7 Å². The number of alkyl halides is 3. The number of aliphatic hydroxyl groups excluding tert-OH is 1. The van der Waals surface area contributed by atoms with Crippen LogP contribution in [0.25, 0.3) is 0 Å². The molecule has 0 fully saturated rings. The van der Waals surface area contributed by atoms with Gasteiger partial charge in [-0.05, 0) is 12.0 Å². The molecule has 3 heterocycles. The number of aromatic nitrogens is 4. The van der Waals surface area contributed by atoms with Gasteiger partial charge in [0, 0.05) is 31.0 Å². The smallest absolute Gasteiger partial charge is 0.395 e. The van der Waals surface area contributed by atoms with Crippen LogP contribution in [-0.4, -0.2) is 43.3 Å². The van der Waals surface area contributed by atoms with Gasteiger partial charge in [-0.3, -0.25) is 9.59 Å². The predicted molar refractivity (Wildman–Crippen MR) is 122 cm³/mol. The first-order valence-corrected chi connectivity index (χ1v) is 11.2. The SMILES string of the molecule is CC(CC(=O)c1cc(C#CCCO)ncn1)c1ncc(C(=O)Nc2cc(C(F)(F)F)c(Cl)cn2)s1. The summed E-state index contributed by atoms with van der Waals surface area (Å²) in [6.45, 7) is 1.66. The molecule has 0 saturated carbocycles. The maximum atomic E-state index is 13.0. The molecule has 1 atom stereocenters. The molecule has 0 aromatic carbocycles. The molecule has 0 aliphatic rings. The number of pyridine rings is 1. The van der Waals surface area contributed by atoms with Crippen molar-refractivity contribution in [1.29, 1.82) is 0 Å². The van der Waals surface area contributed by atoms with Gasteiger partial charge in [0.25, 0.3) is 5.91 Å². The fourth-order valence-electron chi connectivity index (χ4n) is 2.78. The molecule has 2 N–H and O–H groups in total. The number of halogens is 4. The van der Waals surface area contributed by atoms with Gasteiger partial charge in [0.2, 0.25) is 0 Å². The van der Waals surface area contributed by atoms with Crippen LogP contribution in [0.2, 0.25) is 5.02 Å². The number of Topliss-reactive ketones (excluding diaryl/α,β-unsaturated/α-hetero) is 1. The van der Waals surface area contributed by atoms with Crippen LogP contribution in [-0.2, 0) is 6.18 Å². The van der Waals surface area contributed by atoms with Gasteiger partial charge in [0.15, 0.2) is 5.78 Å². The van der Waals surface area contributed by atoms with E-state index in [1.807, 2.05) is 0 Å². The number of ketones is 1. The van der Waals surface area contributed by atoms with Gasteiger partial charge >= 0.3 is 6.18 Å². The lowest BCUT2D eigenvalue weighted by Crippen LogP contribution is -2.13. The summed E-state index contributed by atoms with van der Waals surface area (Å²) in [5, 5.41) is 11.0. The highest BCUT2D eigenvalue weighted by Crippen LogP contribution is 2.35. The Morgan fingerprint density at radius 3 is 2.69 bits per heavy atom. The van der Waals surface area contributed by atoms with Crippen LogP contribution in [0.1, 0.15) is 62.1 Å². The molecule has 1 unspecified atom stereocenters. The molecule has 1 amide bonds. The van der Waals surface area contributed by atoms with Gasteiger partial charge < -0.3 is 10.4 Å². The Bertz CT molecular complexity index is 1300. The standard InChI is InChI=1S/C22H17ClF3N5O3S/c1-12(6-17(33)16-7-13(29-11-30-16)4-2-3-5-32)21-28-10-18(35-21)20(34)31-19-8-14(22(24,25)26)15(23)9-27-19/h7-12,32H,3,5-6H2,1H3,(H,27,31,34). The van der Waals surface area contributed by atoms with E-state index in [2.05, 4.69) is 37.1 Å². The summed E-state index contributed by atoms with van der Waals surface area (Å²) in [4.78, 5) is 41.1. The number of carbonyl (C=O) groups is 2. The van der Waals surface area contributed by atoms with Crippen molar-refractivity contribution >= 4 is 40.4 Å².